The Hall–Kier alpha value is -1.35. The lowest BCUT2D eigenvalue weighted by atomic mass is 10.1. The Bertz CT molecular complexity index is 601. The molecule has 0 unspecified atom stereocenters. The summed E-state index contributed by atoms with van der Waals surface area (Å²) < 4.78 is 1.06. The van der Waals surface area contributed by atoms with Crippen molar-refractivity contribution in [1.29, 1.82) is 0 Å². The van der Waals surface area contributed by atoms with E-state index in [2.05, 4.69) is 27.0 Å². The van der Waals surface area contributed by atoms with Crippen LogP contribution in [0.15, 0.2) is 39.7 Å². The molecule has 0 radical (unpaired) electrons. The SMILES string of the molecule is O=c1[nH]ccc2c1Cc1cccc(Br)c1-2. The van der Waals surface area contributed by atoms with E-state index in [4.69, 9.17) is 0 Å². The normalized spacial score (nSPS) is 12.3. The van der Waals surface area contributed by atoms with E-state index in [9.17, 15) is 4.79 Å². The lowest BCUT2D eigenvalue weighted by molar-refractivity contribution is 1.14. The second-order valence-corrected chi connectivity index (χ2v) is 4.50. The Kier molecular flexibility index (Phi) is 1.83. The van der Waals surface area contributed by atoms with Gasteiger partial charge in [-0.2, -0.15) is 0 Å². The molecule has 1 aromatic heterocycles. The van der Waals surface area contributed by atoms with E-state index in [1.54, 1.807) is 6.20 Å². The van der Waals surface area contributed by atoms with Gasteiger partial charge in [0.25, 0.3) is 5.56 Å². The average molecular weight is 262 g/mol. The number of fused-ring (bicyclic) bond motifs is 3. The molecule has 0 saturated heterocycles. The van der Waals surface area contributed by atoms with E-state index < -0.39 is 0 Å². The molecule has 1 heterocycles. The lowest BCUT2D eigenvalue weighted by Gasteiger charge is -2.02. The molecule has 0 aliphatic heterocycles. The predicted octanol–water partition coefficient (Wildman–Crippen LogP) is 2.71. The van der Waals surface area contributed by atoms with Crippen LogP contribution >= 0.6 is 15.9 Å². The monoisotopic (exact) mass is 261 g/mol. The zero-order valence-corrected chi connectivity index (χ0v) is 9.47. The number of aromatic nitrogens is 1. The van der Waals surface area contributed by atoms with Gasteiger partial charge in [0.15, 0.2) is 0 Å². The van der Waals surface area contributed by atoms with Crippen molar-refractivity contribution in [2.75, 3.05) is 0 Å². The van der Waals surface area contributed by atoms with E-state index in [1.165, 1.54) is 11.1 Å². The molecule has 1 aliphatic rings. The van der Waals surface area contributed by atoms with Crippen molar-refractivity contribution in [3.05, 3.63) is 56.4 Å². The number of pyridine rings is 1. The molecule has 0 fully saturated rings. The summed E-state index contributed by atoms with van der Waals surface area (Å²) in [5.41, 5.74) is 4.34. The number of rotatable bonds is 0. The second kappa shape index (κ2) is 3.07. The van der Waals surface area contributed by atoms with Gasteiger partial charge in [-0.3, -0.25) is 4.79 Å². The fourth-order valence-corrected chi connectivity index (χ4v) is 2.75. The van der Waals surface area contributed by atoms with Crippen LogP contribution in [0.25, 0.3) is 11.1 Å². The van der Waals surface area contributed by atoms with E-state index >= 15 is 0 Å². The summed E-state index contributed by atoms with van der Waals surface area (Å²) in [6.45, 7) is 0. The minimum Gasteiger partial charge on any atom is -0.329 e. The van der Waals surface area contributed by atoms with Crippen molar-refractivity contribution in [3.8, 4) is 11.1 Å². The van der Waals surface area contributed by atoms with Crippen molar-refractivity contribution in [1.82, 2.24) is 4.98 Å². The summed E-state index contributed by atoms with van der Waals surface area (Å²) in [6.07, 6.45) is 2.44. The highest BCUT2D eigenvalue weighted by Crippen LogP contribution is 2.39. The molecule has 2 nitrogen and oxygen atoms in total. The molecular weight excluding hydrogens is 254 g/mol. The van der Waals surface area contributed by atoms with Crippen LogP contribution in [0.4, 0.5) is 0 Å². The minimum absolute atomic E-state index is 0.0237. The van der Waals surface area contributed by atoms with Gasteiger partial charge in [0.05, 0.1) is 0 Å². The molecule has 0 amide bonds. The molecule has 1 N–H and O–H groups in total. The van der Waals surface area contributed by atoms with E-state index in [-0.39, 0.29) is 5.56 Å². The van der Waals surface area contributed by atoms with Crippen LogP contribution in [0.3, 0.4) is 0 Å². The first-order valence-electron chi connectivity index (χ1n) is 4.75. The molecule has 3 heteroatoms. The maximum absolute atomic E-state index is 11.6. The summed E-state index contributed by atoms with van der Waals surface area (Å²) >= 11 is 3.53. The zero-order valence-electron chi connectivity index (χ0n) is 7.88. The van der Waals surface area contributed by atoms with E-state index in [0.717, 1.165) is 22.0 Å². The third-order valence-electron chi connectivity index (χ3n) is 2.80. The van der Waals surface area contributed by atoms with Crippen molar-refractivity contribution in [2.45, 2.75) is 6.42 Å². The van der Waals surface area contributed by atoms with Gasteiger partial charge in [0.2, 0.25) is 0 Å². The maximum atomic E-state index is 11.6. The minimum atomic E-state index is 0.0237. The Morgan fingerprint density at radius 1 is 1.27 bits per heavy atom. The highest BCUT2D eigenvalue weighted by Gasteiger charge is 2.22. The maximum Gasteiger partial charge on any atom is 0.252 e. The molecule has 3 rings (SSSR count). The molecule has 15 heavy (non-hydrogen) atoms. The Morgan fingerprint density at radius 2 is 2.13 bits per heavy atom. The largest absolute Gasteiger partial charge is 0.329 e. The van der Waals surface area contributed by atoms with Crippen LogP contribution in [-0.4, -0.2) is 4.98 Å². The summed E-state index contributed by atoms with van der Waals surface area (Å²) in [6, 6.07) is 8.05. The molecule has 74 valence electrons. The molecule has 2 aromatic rings. The van der Waals surface area contributed by atoms with Gasteiger partial charge in [0, 0.05) is 22.7 Å². The first kappa shape index (κ1) is 8.92. The van der Waals surface area contributed by atoms with E-state index in [0.29, 0.717) is 0 Å². The van der Waals surface area contributed by atoms with Crippen molar-refractivity contribution in [2.24, 2.45) is 0 Å². The predicted molar refractivity (Wildman–Crippen MR) is 63.0 cm³/mol. The van der Waals surface area contributed by atoms with Crippen molar-refractivity contribution >= 4 is 15.9 Å². The van der Waals surface area contributed by atoms with E-state index in [1.807, 2.05) is 18.2 Å². The Balaban J connectivity index is 2.41. The molecule has 1 aromatic carbocycles. The number of aromatic amines is 1. The Labute approximate surface area is 95.1 Å². The van der Waals surface area contributed by atoms with Crippen LogP contribution < -0.4 is 5.56 Å². The quantitative estimate of drug-likeness (QED) is 0.663. The van der Waals surface area contributed by atoms with Gasteiger partial charge in [-0.25, -0.2) is 0 Å². The number of halogens is 1. The topological polar surface area (TPSA) is 32.9 Å². The fraction of sp³-hybridized carbons (Fsp3) is 0.0833. The van der Waals surface area contributed by atoms with Crippen LogP contribution in [0, 0.1) is 0 Å². The average Bonchev–Trinajstić information content (AvgIpc) is 2.59. The van der Waals surface area contributed by atoms with Crippen LogP contribution in [0.1, 0.15) is 11.1 Å². The van der Waals surface area contributed by atoms with Gasteiger partial charge in [-0.15, -0.1) is 0 Å². The summed E-state index contributed by atoms with van der Waals surface area (Å²) in [7, 11) is 0. The number of nitrogens with one attached hydrogen (secondary N) is 1. The molecule has 0 bridgehead atoms. The Morgan fingerprint density at radius 3 is 3.00 bits per heavy atom. The highest BCUT2D eigenvalue weighted by atomic mass is 79.9. The number of H-pyrrole nitrogens is 1. The van der Waals surface area contributed by atoms with Crippen molar-refractivity contribution < 1.29 is 0 Å². The van der Waals surface area contributed by atoms with Crippen LogP contribution in [-0.2, 0) is 6.42 Å². The fourth-order valence-electron chi connectivity index (χ4n) is 2.13. The van der Waals surface area contributed by atoms with Crippen LogP contribution in [0.5, 0.6) is 0 Å². The van der Waals surface area contributed by atoms with Gasteiger partial charge in [-0.1, -0.05) is 28.1 Å². The number of hydrogen-bond donors (Lipinski definition) is 1. The molecule has 0 atom stereocenters. The molecule has 0 spiro atoms. The number of hydrogen-bond acceptors (Lipinski definition) is 1. The van der Waals surface area contributed by atoms with Crippen LogP contribution in [0.2, 0.25) is 0 Å². The summed E-state index contributed by atoms with van der Waals surface area (Å²) in [5, 5.41) is 0. The highest BCUT2D eigenvalue weighted by molar-refractivity contribution is 9.10. The molecular formula is C12H8BrNO. The zero-order chi connectivity index (χ0) is 10.4. The smallest absolute Gasteiger partial charge is 0.252 e. The first-order chi connectivity index (χ1) is 7.27. The molecule has 1 aliphatic carbocycles. The van der Waals surface area contributed by atoms with Gasteiger partial charge in [0.1, 0.15) is 0 Å². The van der Waals surface area contributed by atoms with Gasteiger partial charge >= 0.3 is 0 Å². The summed E-state index contributed by atoms with van der Waals surface area (Å²) in [5.74, 6) is 0. The second-order valence-electron chi connectivity index (χ2n) is 3.65. The summed E-state index contributed by atoms with van der Waals surface area (Å²) in [4.78, 5) is 14.3. The first-order valence-corrected chi connectivity index (χ1v) is 5.55. The third kappa shape index (κ3) is 1.20. The standard InChI is InChI=1S/C12H8BrNO/c13-10-3-1-2-7-6-9-8(11(7)10)4-5-14-12(9)15/h1-5H,6H2,(H,14,15). The van der Waals surface area contributed by atoms with Gasteiger partial charge in [-0.05, 0) is 28.8 Å². The third-order valence-corrected chi connectivity index (χ3v) is 3.46. The van der Waals surface area contributed by atoms with Crippen molar-refractivity contribution in [3.63, 3.8) is 0 Å². The lowest BCUT2D eigenvalue weighted by Crippen LogP contribution is -2.09. The molecule has 0 saturated carbocycles. The number of benzene rings is 1. The van der Waals surface area contributed by atoms with Gasteiger partial charge < -0.3 is 4.98 Å².